The van der Waals surface area contributed by atoms with Crippen LogP contribution in [0.3, 0.4) is 0 Å². The molecule has 0 heterocycles. The van der Waals surface area contributed by atoms with Crippen LogP contribution in [0.4, 0.5) is 0 Å². The lowest BCUT2D eigenvalue weighted by Gasteiger charge is -2.18. The molecule has 1 aromatic carbocycles. The van der Waals surface area contributed by atoms with Gasteiger partial charge >= 0.3 is 13.1 Å². The Hall–Kier alpha value is -1.08. The smallest absolute Gasteiger partial charge is 0.451 e. The first kappa shape index (κ1) is 18.3. The molecule has 3 atom stereocenters. The molecule has 0 unspecified atom stereocenters. The van der Waals surface area contributed by atoms with E-state index in [1.807, 2.05) is 19.1 Å². The first-order valence-corrected chi connectivity index (χ1v) is 8.39. The van der Waals surface area contributed by atoms with E-state index in [-0.39, 0.29) is 18.3 Å². The number of fused-ring (bicyclic) bond motifs is 1. The van der Waals surface area contributed by atoms with Crippen molar-refractivity contribution in [2.45, 2.75) is 50.9 Å². The van der Waals surface area contributed by atoms with Crippen molar-refractivity contribution >= 4 is 24.7 Å². The van der Waals surface area contributed by atoms with Gasteiger partial charge in [0.15, 0.2) is 0 Å². The van der Waals surface area contributed by atoms with E-state index in [1.165, 1.54) is 0 Å². The van der Waals surface area contributed by atoms with Gasteiger partial charge in [-0.05, 0) is 54.3 Å². The molecule has 1 aliphatic rings. The van der Waals surface area contributed by atoms with Crippen LogP contribution in [-0.4, -0.2) is 28.2 Å². The van der Waals surface area contributed by atoms with Gasteiger partial charge in [-0.15, -0.1) is 0 Å². The van der Waals surface area contributed by atoms with Gasteiger partial charge < -0.3 is 20.9 Å². The third-order valence-electron chi connectivity index (χ3n) is 4.69. The monoisotopic (exact) mass is 339 g/mol. The van der Waals surface area contributed by atoms with Crippen LogP contribution in [0.2, 0.25) is 11.3 Å². The number of halogens is 1. The summed E-state index contributed by atoms with van der Waals surface area (Å²) < 4.78 is 0. The van der Waals surface area contributed by atoms with Crippen molar-refractivity contribution in [2.75, 3.05) is 0 Å². The van der Waals surface area contributed by atoms with E-state index < -0.39 is 19.0 Å². The van der Waals surface area contributed by atoms with Crippen LogP contribution in [0.15, 0.2) is 12.1 Å². The lowest BCUT2D eigenvalue weighted by atomic mass is 9.80. The average molecular weight is 340 g/mol. The molecule has 7 heteroatoms. The predicted molar refractivity (Wildman–Crippen MR) is 90.5 cm³/mol. The Kier molecular flexibility index (Phi) is 6.09. The third kappa shape index (κ3) is 4.07. The molecule has 0 fully saturated rings. The maximum Gasteiger partial charge on any atom is 0.451 e. The van der Waals surface area contributed by atoms with Crippen molar-refractivity contribution in [2.24, 2.45) is 11.7 Å². The van der Waals surface area contributed by atoms with Crippen LogP contribution in [0, 0.1) is 5.92 Å². The first-order chi connectivity index (χ1) is 10.8. The summed E-state index contributed by atoms with van der Waals surface area (Å²) >= 11 is 6.31. The summed E-state index contributed by atoms with van der Waals surface area (Å²) in [6.07, 6.45) is 2.85. The number of hydrogen-bond donors (Lipinski definition) is 4. The lowest BCUT2D eigenvalue weighted by molar-refractivity contribution is -0.139. The Morgan fingerprint density at radius 1 is 1.48 bits per heavy atom. The van der Waals surface area contributed by atoms with Crippen LogP contribution < -0.4 is 5.73 Å². The van der Waals surface area contributed by atoms with E-state index in [4.69, 9.17) is 27.4 Å². The molecule has 0 saturated heterocycles. The number of benzene rings is 1. The summed E-state index contributed by atoms with van der Waals surface area (Å²) in [4.78, 5) is 11.7. The third-order valence-corrected chi connectivity index (χ3v) is 5.02. The molecular formula is C16H23BClNO4. The fourth-order valence-electron chi connectivity index (χ4n) is 3.44. The van der Waals surface area contributed by atoms with E-state index in [0.717, 1.165) is 23.1 Å². The van der Waals surface area contributed by atoms with Crippen molar-refractivity contribution < 1.29 is 19.9 Å². The first-order valence-electron chi connectivity index (χ1n) is 8.01. The van der Waals surface area contributed by atoms with Crippen LogP contribution >= 0.6 is 11.6 Å². The summed E-state index contributed by atoms with van der Waals surface area (Å²) in [5.41, 5.74) is 8.63. The van der Waals surface area contributed by atoms with Crippen molar-refractivity contribution in [3.8, 4) is 0 Å². The van der Waals surface area contributed by atoms with Crippen LogP contribution in [0.5, 0.6) is 0 Å². The molecule has 5 nitrogen and oxygen atoms in total. The second-order valence-corrected chi connectivity index (χ2v) is 6.69. The fourth-order valence-corrected chi connectivity index (χ4v) is 3.77. The van der Waals surface area contributed by atoms with Gasteiger partial charge in [-0.2, -0.15) is 0 Å². The highest BCUT2D eigenvalue weighted by atomic mass is 35.5. The second kappa shape index (κ2) is 7.66. The van der Waals surface area contributed by atoms with E-state index in [2.05, 4.69) is 0 Å². The standard InChI is InChI=1S/C16H23BClNO4/c1-2-14(19)12-8-11-10(7-13(12)18)6-9(15(11)16(20)21)4-3-5-17(22)23/h7-9,14-15,22-23H,2-6,19H2,1H3,(H,20,21)/t9-,14+,15-/m0/s1. The summed E-state index contributed by atoms with van der Waals surface area (Å²) in [6, 6.07) is 3.50. The lowest BCUT2D eigenvalue weighted by Crippen LogP contribution is -2.19. The molecule has 0 aliphatic heterocycles. The number of hydrogen-bond acceptors (Lipinski definition) is 4. The number of carbonyl (C=O) groups is 1. The zero-order chi connectivity index (χ0) is 17.1. The van der Waals surface area contributed by atoms with E-state index in [1.54, 1.807) is 0 Å². The number of rotatable bonds is 7. The summed E-state index contributed by atoms with van der Waals surface area (Å²) in [5, 5.41) is 28.1. The molecule has 0 aromatic heterocycles. The van der Waals surface area contributed by atoms with E-state index in [9.17, 15) is 9.90 Å². The summed E-state index contributed by atoms with van der Waals surface area (Å²) in [5.74, 6) is -1.48. The molecule has 1 aromatic rings. The van der Waals surface area contributed by atoms with Crippen molar-refractivity contribution in [1.82, 2.24) is 0 Å². The molecule has 126 valence electrons. The van der Waals surface area contributed by atoms with Crippen LogP contribution in [0.1, 0.15) is 54.8 Å². The van der Waals surface area contributed by atoms with Crippen molar-refractivity contribution in [3.63, 3.8) is 0 Å². The topological polar surface area (TPSA) is 104 Å². The minimum absolute atomic E-state index is 0.0505. The van der Waals surface area contributed by atoms with Crippen LogP contribution in [0.25, 0.3) is 0 Å². The predicted octanol–water partition coefficient (Wildman–Crippen LogP) is 2.34. The molecule has 0 spiro atoms. The van der Waals surface area contributed by atoms with E-state index in [0.29, 0.717) is 24.3 Å². The molecule has 0 radical (unpaired) electrons. The molecule has 2 rings (SSSR count). The van der Waals surface area contributed by atoms with Gasteiger partial charge in [-0.1, -0.05) is 31.0 Å². The number of carboxylic acid groups (broad SMARTS) is 1. The maximum absolute atomic E-state index is 11.7. The van der Waals surface area contributed by atoms with Gasteiger partial charge in [0.05, 0.1) is 5.92 Å². The highest BCUT2D eigenvalue weighted by Crippen LogP contribution is 2.43. The number of nitrogens with two attached hydrogens (primary N) is 1. The van der Waals surface area contributed by atoms with Gasteiger partial charge in [0.25, 0.3) is 0 Å². The van der Waals surface area contributed by atoms with Gasteiger partial charge in [0.1, 0.15) is 0 Å². The van der Waals surface area contributed by atoms with Crippen molar-refractivity contribution in [1.29, 1.82) is 0 Å². The maximum atomic E-state index is 11.7. The Labute approximate surface area is 141 Å². The van der Waals surface area contributed by atoms with Gasteiger partial charge in [0.2, 0.25) is 0 Å². The van der Waals surface area contributed by atoms with Gasteiger partial charge in [-0.25, -0.2) is 0 Å². The molecule has 0 saturated carbocycles. The SMILES string of the molecule is CC[C@@H](N)c1cc2c(cc1Cl)C[C@H](CCCB(O)O)[C@@H]2C(=O)O. The second-order valence-electron chi connectivity index (χ2n) is 6.28. The molecule has 5 N–H and O–H groups in total. The van der Waals surface area contributed by atoms with Crippen molar-refractivity contribution in [3.05, 3.63) is 33.8 Å². The zero-order valence-electron chi connectivity index (χ0n) is 13.2. The Morgan fingerprint density at radius 3 is 2.74 bits per heavy atom. The summed E-state index contributed by atoms with van der Waals surface area (Å²) in [7, 11) is -1.34. The molecule has 0 bridgehead atoms. The molecular weight excluding hydrogens is 316 g/mol. The molecule has 1 aliphatic carbocycles. The molecule has 0 amide bonds. The highest BCUT2D eigenvalue weighted by molar-refractivity contribution is 6.40. The van der Waals surface area contributed by atoms with Gasteiger partial charge in [-0.3, -0.25) is 4.79 Å². The van der Waals surface area contributed by atoms with Gasteiger partial charge in [0, 0.05) is 11.1 Å². The minimum atomic E-state index is -1.34. The average Bonchev–Trinajstić information content (AvgIpc) is 2.82. The molecule has 23 heavy (non-hydrogen) atoms. The Bertz CT molecular complexity index is 581. The zero-order valence-corrected chi connectivity index (χ0v) is 14.0. The highest BCUT2D eigenvalue weighted by Gasteiger charge is 2.38. The largest absolute Gasteiger partial charge is 0.481 e. The number of aliphatic carboxylic acids is 1. The van der Waals surface area contributed by atoms with E-state index >= 15 is 0 Å². The Morgan fingerprint density at radius 2 is 2.17 bits per heavy atom. The van der Waals surface area contributed by atoms with Crippen LogP contribution in [-0.2, 0) is 11.2 Å². The number of carboxylic acids is 1. The fraction of sp³-hybridized carbons (Fsp3) is 0.562. The Balaban J connectivity index is 2.27. The quantitative estimate of drug-likeness (QED) is 0.571. The minimum Gasteiger partial charge on any atom is -0.481 e. The summed E-state index contributed by atoms with van der Waals surface area (Å²) in [6.45, 7) is 1.96. The normalized spacial score (nSPS) is 21.1.